The normalized spacial score (nSPS) is 20.3. The van der Waals surface area contributed by atoms with Crippen LogP contribution < -0.4 is 4.74 Å². The van der Waals surface area contributed by atoms with Crippen LogP contribution in [-0.2, 0) is 14.8 Å². The number of sulfonamides is 1. The first kappa shape index (κ1) is 20.7. The Morgan fingerprint density at radius 2 is 1.97 bits per heavy atom. The molecule has 3 heterocycles. The Morgan fingerprint density at radius 1 is 1.17 bits per heavy atom. The SMILES string of the molecule is O=C(c1cccnc1OC1CCN(S(=O)(=O)c2cccc(F)c2)C1)N1CCOCC1. The van der Waals surface area contributed by atoms with Crippen LogP contribution in [0.4, 0.5) is 4.39 Å². The number of benzene rings is 1. The molecule has 10 heteroatoms. The summed E-state index contributed by atoms with van der Waals surface area (Å²) < 4.78 is 51.5. The van der Waals surface area contributed by atoms with Crippen molar-refractivity contribution in [2.24, 2.45) is 0 Å². The Bertz CT molecular complexity index is 1030. The fourth-order valence-corrected chi connectivity index (χ4v) is 5.05. The molecule has 2 fully saturated rings. The highest BCUT2D eigenvalue weighted by atomic mass is 32.2. The summed E-state index contributed by atoms with van der Waals surface area (Å²) in [5, 5.41) is 0. The quantitative estimate of drug-likeness (QED) is 0.708. The lowest BCUT2D eigenvalue weighted by Gasteiger charge is -2.27. The third-order valence-corrected chi connectivity index (χ3v) is 6.98. The highest BCUT2D eigenvalue weighted by Crippen LogP contribution is 2.26. The number of carbonyl (C=O) groups excluding carboxylic acids is 1. The van der Waals surface area contributed by atoms with Crippen molar-refractivity contribution in [3.63, 3.8) is 0 Å². The van der Waals surface area contributed by atoms with Gasteiger partial charge in [0.1, 0.15) is 17.5 Å². The first-order chi connectivity index (χ1) is 14.4. The molecule has 30 heavy (non-hydrogen) atoms. The monoisotopic (exact) mass is 435 g/mol. The minimum absolute atomic E-state index is 0.0934. The first-order valence-electron chi connectivity index (χ1n) is 9.69. The number of hydrogen-bond donors (Lipinski definition) is 0. The van der Waals surface area contributed by atoms with Crippen molar-refractivity contribution in [2.45, 2.75) is 17.4 Å². The maximum Gasteiger partial charge on any atom is 0.259 e. The minimum Gasteiger partial charge on any atom is -0.472 e. The third kappa shape index (κ3) is 4.30. The van der Waals surface area contributed by atoms with Gasteiger partial charge in [0.2, 0.25) is 15.9 Å². The number of nitrogens with zero attached hydrogens (tertiary/aromatic N) is 3. The summed E-state index contributed by atoms with van der Waals surface area (Å²) in [4.78, 5) is 18.6. The highest BCUT2D eigenvalue weighted by Gasteiger charge is 2.35. The number of rotatable bonds is 5. The smallest absolute Gasteiger partial charge is 0.259 e. The lowest BCUT2D eigenvalue weighted by atomic mass is 10.2. The van der Waals surface area contributed by atoms with Crippen molar-refractivity contribution in [3.8, 4) is 5.88 Å². The number of morpholine rings is 1. The zero-order valence-corrected chi connectivity index (χ0v) is 17.1. The Morgan fingerprint density at radius 3 is 2.73 bits per heavy atom. The molecule has 8 nitrogen and oxygen atoms in total. The molecule has 2 aliphatic rings. The van der Waals surface area contributed by atoms with E-state index in [9.17, 15) is 17.6 Å². The van der Waals surface area contributed by atoms with E-state index >= 15 is 0 Å². The lowest BCUT2D eigenvalue weighted by Crippen LogP contribution is -2.41. The number of pyridine rings is 1. The minimum atomic E-state index is -3.83. The molecule has 0 bridgehead atoms. The molecule has 1 aromatic carbocycles. The van der Waals surface area contributed by atoms with Crippen LogP contribution in [0.1, 0.15) is 16.8 Å². The van der Waals surface area contributed by atoms with E-state index < -0.39 is 21.9 Å². The maximum absolute atomic E-state index is 13.5. The molecule has 0 saturated carbocycles. The van der Waals surface area contributed by atoms with Crippen LogP contribution in [0.5, 0.6) is 5.88 Å². The van der Waals surface area contributed by atoms with Gasteiger partial charge in [0.25, 0.3) is 5.91 Å². The van der Waals surface area contributed by atoms with E-state index in [1.807, 2.05) is 0 Å². The average Bonchev–Trinajstić information content (AvgIpc) is 3.24. The fraction of sp³-hybridized carbons (Fsp3) is 0.400. The van der Waals surface area contributed by atoms with Crippen molar-refractivity contribution in [1.29, 1.82) is 0 Å². The molecule has 4 rings (SSSR count). The van der Waals surface area contributed by atoms with Crippen LogP contribution in [0.15, 0.2) is 47.5 Å². The van der Waals surface area contributed by atoms with Gasteiger partial charge in [-0.05, 0) is 36.8 Å². The van der Waals surface area contributed by atoms with E-state index in [1.54, 1.807) is 17.0 Å². The van der Waals surface area contributed by atoms with Gasteiger partial charge >= 0.3 is 0 Å². The van der Waals surface area contributed by atoms with Gasteiger partial charge in [-0.25, -0.2) is 17.8 Å². The summed E-state index contributed by atoms with van der Waals surface area (Å²) in [5.41, 5.74) is 0.339. The van der Waals surface area contributed by atoms with E-state index in [1.165, 1.54) is 28.7 Å². The summed E-state index contributed by atoms with van der Waals surface area (Å²) in [6.45, 7) is 2.30. The zero-order valence-electron chi connectivity index (χ0n) is 16.2. The Hall–Kier alpha value is -2.56. The van der Waals surface area contributed by atoms with Gasteiger partial charge in [-0.1, -0.05) is 6.07 Å². The largest absolute Gasteiger partial charge is 0.472 e. The van der Waals surface area contributed by atoms with E-state index in [4.69, 9.17) is 9.47 Å². The number of hydrogen-bond acceptors (Lipinski definition) is 6. The molecule has 0 N–H and O–H groups in total. The van der Waals surface area contributed by atoms with Gasteiger partial charge in [-0.3, -0.25) is 4.79 Å². The molecule has 1 amide bonds. The molecule has 0 spiro atoms. The van der Waals surface area contributed by atoms with E-state index in [2.05, 4.69) is 4.98 Å². The summed E-state index contributed by atoms with van der Waals surface area (Å²) in [6.07, 6.45) is 1.51. The Kier molecular flexibility index (Phi) is 5.98. The molecule has 1 atom stereocenters. The van der Waals surface area contributed by atoms with Crippen LogP contribution in [0, 0.1) is 5.82 Å². The zero-order chi connectivity index (χ0) is 21.1. The lowest BCUT2D eigenvalue weighted by molar-refractivity contribution is 0.0298. The summed E-state index contributed by atoms with van der Waals surface area (Å²) >= 11 is 0. The standard InChI is InChI=1S/C20H22FN3O5S/c21-15-3-1-4-17(13-15)30(26,27)24-8-6-16(14-24)29-19-18(5-2-7-22-19)20(25)23-9-11-28-12-10-23/h1-5,7,13,16H,6,8-12,14H2. The molecule has 160 valence electrons. The van der Waals surface area contributed by atoms with Crippen molar-refractivity contribution in [2.75, 3.05) is 39.4 Å². The van der Waals surface area contributed by atoms with Gasteiger partial charge in [0.15, 0.2) is 0 Å². The Balaban J connectivity index is 1.47. The predicted octanol–water partition coefficient (Wildman–Crippen LogP) is 1.54. The molecule has 0 radical (unpaired) electrons. The van der Waals surface area contributed by atoms with E-state index in [-0.39, 0.29) is 29.8 Å². The van der Waals surface area contributed by atoms with Crippen molar-refractivity contribution in [3.05, 3.63) is 54.0 Å². The summed E-state index contributed by atoms with van der Waals surface area (Å²) in [6, 6.07) is 8.24. The van der Waals surface area contributed by atoms with Crippen LogP contribution in [0.2, 0.25) is 0 Å². The number of ether oxygens (including phenoxy) is 2. The topological polar surface area (TPSA) is 89.0 Å². The average molecular weight is 435 g/mol. The number of amides is 1. The second kappa shape index (κ2) is 8.66. The number of halogens is 1. The molecule has 2 aliphatic heterocycles. The molecular weight excluding hydrogens is 413 g/mol. The Labute approximate surface area is 174 Å². The van der Waals surface area contributed by atoms with E-state index in [0.717, 1.165) is 6.07 Å². The second-order valence-corrected chi connectivity index (χ2v) is 9.05. The molecule has 2 saturated heterocycles. The van der Waals surface area contributed by atoms with Gasteiger partial charge in [-0.15, -0.1) is 0 Å². The molecule has 1 aromatic heterocycles. The molecular formula is C20H22FN3O5S. The summed E-state index contributed by atoms with van der Waals surface area (Å²) in [7, 11) is -3.83. The van der Waals surface area contributed by atoms with Crippen LogP contribution in [0.3, 0.4) is 0 Å². The predicted molar refractivity (Wildman–Crippen MR) is 105 cm³/mol. The number of carbonyl (C=O) groups is 1. The molecule has 1 unspecified atom stereocenters. The fourth-order valence-electron chi connectivity index (χ4n) is 3.53. The van der Waals surface area contributed by atoms with Gasteiger partial charge in [0.05, 0.1) is 24.7 Å². The first-order valence-corrected chi connectivity index (χ1v) is 11.1. The van der Waals surface area contributed by atoms with Crippen LogP contribution in [0.25, 0.3) is 0 Å². The van der Waals surface area contributed by atoms with Gasteiger partial charge in [0, 0.05) is 25.8 Å². The third-order valence-electron chi connectivity index (χ3n) is 5.12. The van der Waals surface area contributed by atoms with Crippen molar-refractivity contribution < 1.29 is 27.1 Å². The number of aromatic nitrogens is 1. The van der Waals surface area contributed by atoms with Crippen molar-refractivity contribution >= 4 is 15.9 Å². The second-order valence-electron chi connectivity index (χ2n) is 7.11. The maximum atomic E-state index is 13.5. The van der Waals surface area contributed by atoms with Gasteiger partial charge < -0.3 is 14.4 Å². The molecule has 2 aromatic rings. The van der Waals surface area contributed by atoms with Crippen LogP contribution in [-0.4, -0.2) is 74.0 Å². The molecule has 0 aliphatic carbocycles. The van der Waals surface area contributed by atoms with Gasteiger partial charge in [-0.2, -0.15) is 4.31 Å². The van der Waals surface area contributed by atoms with Crippen LogP contribution >= 0.6 is 0 Å². The highest BCUT2D eigenvalue weighted by molar-refractivity contribution is 7.89. The summed E-state index contributed by atoms with van der Waals surface area (Å²) in [5.74, 6) is -0.615. The van der Waals surface area contributed by atoms with E-state index in [0.29, 0.717) is 38.3 Å². The van der Waals surface area contributed by atoms with Crippen molar-refractivity contribution in [1.82, 2.24) is 14.2 Å².